The van der Waals surface area contributed by atoms with Crippen LogP contribution in [-0.4, -0.2) is 5.91 Å². The van der Waals surface area contributed by atoms with Gasteiger partial charge in [0.05, 0.1) is 6.04 Å². The molecule has 0 bridgehead atoms. The standard InChI is InChI=1S/C12H13NO.C2H6.H3N/c14-11-7-9-6-5-8-3-1-2-4-10(8)12(9)13-11;1-2;/h1-4,9,12H,5-7H2,(H,13,14);1-2H3;1H3. The molecule has 0 saturated carbocycles. The topological polar surface area (TPSA) is 64.1 Å². The third-order valence-corrected chi connectivity index (χ3v) is 3.41. The minimum atomic E-state index is 0. The summed E-state index contributed by atoms with van der Waals surface area (Å²) in [6, 6.07) is 8.77. The number of fused-ring (bicyclic) bond motifs is 3. The molecule has 3 heteroatoms. The Hall–Kier alpha value is -1.35. The van der Waals surface area contributed by atoms with Gasteiger partial charge in [-0.2, -0.15) is 0 Å². The van der Waals surface area contributed by atoms with E-state index in [2.05, 4.69) is 29.6 Å². The first-order valence-electron chi connectivity index (χ1n) is 6.22. The summed E-state index contributed by atoms with van der Waals surface area (Å²) in [5.41, 5.74) is 2.76. The minimum absolute atomic E-state index is 0. The van der Waals surface area contributed by atoms with Gasteiger partial charge >= 0.3 is 0 Å². The van der Waals surface area contributed by atoms with Crippen LogP contribution in [0.5, 0.6) is 0 Å². The van der Waals surface area contributed by atoms with Gasteiger partial charge in [0.1, 0.15) is 0 Å². The van der Waals surface area contributed by atoms with Gasteiger partial charge in [0, 0.05) is 6.42 Å². The third-order valence-electron chi connectivity index (χ3n) is 3.41. The molecular formula is C14H22N2O. The first kappa shape index (κ1) is 13.7. The van der Waals surface area contributed by atoms with Gasteiger partial charge < -0.3 is 11.5 Å². The van der Waals surface area contributed by atoms with Crippen LogP contribution in [0.15, 0.2) is 24.3 Å². The number of rotatable bonds is 0. The van der Waals surface area contributed by atoms with Gasteiger partial charge in [-0.05, 0) is 29.9 Å². The molecule has 17 heavy (non-hydrogen) atoms. The Morgan fingerprint density at radius 1 is 1.24 bits per heavy atom. The number of carbonyl (C=O) groups excluding carboxylic acids is 1. The van der Waals surface area contributed by atoms with Crippen molar-refractivity contribution >= 4 is 5.91 Å². The predicted molar refractivity (Wildman–Crippen MR) is 70.1 cm³/mol. The molecule has 1 aromatic rings. The van der Waals surface area contributed by atoms with E-state index in [1.165, 1.54) is 11.1 Å². The second-order valence-electron chi connectivity index (χ2n) is 4.25. The normalized spacial score (nSPS) is 24.5. The van der Waals surface area contributed by atoms with Crippen LogP contribution >= 0.6 is 0 Å². The van der Waals surface area contributed by atoms with E-state index in [1.807, 2.05) is 13.8 Å². The summed E-state index contributed by atoms with van der Waals surface area (Å²) in [4.78, 5) is 11.3. The van der Waals surface area contributed by atoms with E-state index in [0.29, 0.717) is 12.0 Å². The SMILES string of the molecule is CC.N.O=C1CC2CCc3ccccc3C2N1. The van der Waals surface area contributed by atoms with Crippen LogP contribution < -0.4 is 11.5 Å². The lowest BCUT2D eigenvalue weighted by molar-refractivity contribution is -0.119. The highest BCUT2D eigenvalue weighted by Gasteiger charge is 2.36. The molecular weight excluding hydrogens is 212 g/mol. The quantitative estimate of drug-likeness (QED) is 0.724. The summed E-state index contributed by atoms with van der Waals surface area (Å²) >= 11 is 0. The maximum Gasteiger partial charge on any atom is 0.220 e. The molecule has 1 saturated heterocycles. The van der Waals surface area contributed by atoms with Crippen molar-refractivity contribution in [1.29, 1.82) is 0 Å². The van der Waals surface area contributed by atoms with E-state index in [4.69, 9.17) is 0 Å². The van der Waals surface area contributed by atoms with Crippen LogP contribution in [0.4, 0.5) is 0 Å². The highest BCUT2D eigenvalue weighted by Crippen LogP contribution is 2.39. The molecule has 3 nitrogen and oxygen atoms in total. The van der Waals surface area contributed by atoms with Crippen LogP contribution in [0, 0.1) is 5.92 Å². The maximum absolute atomic E-state index is 11.3. The predicted octanol–water partition coefficient (Wildman–Crippen LogP) is 3.00. The number of benzene rings is 1. The summed E-state index contributed by atoms with van der Waals surface area (Å²) in [5.74, 6) is 0.758. The molecule has 2 atom stereocenters. The first-order chi connectivity index (χ1) is 7.84. The molecule has 0 radical (unpaired) electrons. The first-order valence-corrected chi connectivity index (χ1v) is 6.22. The zero-order valence-electron chi connectivity index (χ0n) is 10.7. The smallest absolute Gasteiger partial charge is 0.220 e. The number of aryl methyl sites for hydroxylation is 1. The van der Waals surface area contributed by atoms with Crippen LogP contribution in [0.25, 0.3) is 0 Å². The molecule has 94 valence electrons. The second-order valence-corrected chi connectivity index (χ2v) is 4.25. The fourth-order valence-corrected chi connectivity index (χ4v) is 2.71. The number of carbonyl (C=O) groups is 1. The summed E-state index contributed by atoms with van der Waals surface area (Å²) in [6.45, 7) is 4.00. The molecule has 1 aliphatic carbocycles. The van der Waals surface area contributed by atoms with Gasteiger partial charge in [0.25, 0.3) is 0 Å². The van der Waals surface area contributed by atoms with Crippen molar-refractivity contribution in [3.63, 3.8) is 0 Å². The summed E-state index contributed by atoms with van der Waals surface area (Å²) in [7, 11) is 0. The number of hydrogen-bond acceptors (Lipinski definition) is 2. The number of hydrogen-bond donors (Lipinski definition) is 2. The van der Waals surface area contributed by atoms with E-state index in [0.717, 1.165) is 19.3 Å². The zero-order valence-corrected chi connectivity index (χ0v) is 10.7. The Morgan fingerprint density at radius 3 is 2.71 bits per heavy atom. The minimum Gasteiger partial charge on any atom is -0.349 e. The Kier molecular flexibility index (Phi) is 4.70. The van der Waals surface area contributed by atoms with Crippen LogP contribution in [0.3, 0.4) is 0 Å². The largest absolute Gasteiger partial charge is 0.349 e. The molecule has 1 heterocycles. The Balaban J connectivity index is 0.000000459. The van der Waals surface area contributed by atoms with Crippen molar-refractivity contribution in [2.75, 3.05) is 0 Å². The lowest BCUT2D eigenvalue weighted by Gasteiger charge is -2.27. The van der Waals surface area contributed by atoms with Gasteiger partial charge in [-0.3, -0.25) is 4.79 Å². The van der Waals surface area contributed by atoms with E-state index >= 15 is 0 Å². The van der Waals surface area contributed by atoms with Crippen LogP contribution in [0.1, 0.15) is 43.9 Å². The van der Waals surface area contributed by atoms with Crippen molar-refractivity contribution in [2.45, 2.75) is 39.2 Å². The van der Waals surface area contributed by atoms with Gasteiger partial charge in [0.2, 0.25) is 5.91 Å². The number of amides is 1. The van der Waals surface area contributed by atoms with Crippen molar-refractivity contribution in [3.05, 3.63) is 35.4 Å². The van der Waals surface area contributed by atoms with E-state index in [9.17, 15) is 4.79 Å². The van der Waals surface area contributed by atoms with Crippen molar-refractivity contribution in [1.82, 2.24) is 11.5 Å². The second kappa shape index (κ2) is 5.82. The third kappa shape index (κ3) is 2.50. The summed E-state index contributed by atoms with van der Waals surface area (Å²) < 4.78 is 0. The summed E-state index contributed by atoms with van der Waals surface area (Å²) in [6.07, 6.45) is 3.01. The Morgan fingerprint density at radius 2 is 1.94 bits per heavy atom. The van der Waals surface area contributed by atoms with Crippen LogP contribution in [0.2, 0.25) is 0 Å². The highest BCUT2D eigenvalue weighted by molar-refractivity contribution is 5.79. The molecule has 0 spiro atoms. The number of nitrogens with one attached hydrogen (secondary N) is 1. The maximum atomic E-state index is 11.3. The molecule has 1 aromatic carbocycles. The highest BCUT2D eigenvalue weighted by atomic mass is 16.2. The average Bonchev–Trinajstić information content (AvgIpc) is 2.72. The molecule has 2 aliphatic rings. The van der Waals surface area contributed by atoms with Crippen molar-refractivity contribution in [2.24, 2.45) is 5.92 Å². The van der Waals surface area contributed by atoms with Gasteiger partial charge in [0.15, 0.2) is 0 Å². The molecule has 3 rings (SSSR count). The fraction of sp³-hybridized carbons (Fsp3) is 0.500. The van der Waals surface area contributed by atoms with E-state index < -0.39 is 0 Å². The van der Waals surface area contributed by atoms with Gasteiger partial charge in [-0.1, -0.05) is 38.1 Å². The zero-order chi connectivity index (χ0) is 11.5. The molecule has 1 fully saturated rings. The Bertz CT molecular complexity index is 390. The van der Waals surface area contributed by atoms with Crippen molar-refractivity contribution < 1.29 is 4.79 Å². The van der Waals surface area contributed by atoms with E-state index in [-0.39, 0.29) is 12.1 Å². The van der Waals surface area contributed by atoms with Crippen molar-refractivity contribution in [3.8, 4) is 0 Å². The molecule has 4 N–H and O–H groups in total. The van der Waals surface area contributed by atoms with Gasteiger partial charge in [-0.25, -0.2) is 0 Å². The van der Waals surface area contributed by atoms with Gasteiger partial charge in [-0.15, -0.1) is 0 Å². The fourth-order valence-electron chi connectivity index (χ4n) is 2.71. The van der Waals surface area contributed by atoms with Crippen LogP contribution in [-0.2, 0) is 11.2 Å². The summed E-state index contributed by atoms with van der Waals surface area (Å²) in [5, 5.41) is 3.07. The van der Waals surface area contributed by atoms with E-state index in [1.54, 1.807) is 0 Å². The molecule has 1 amide bonds. The lowest BCUT2D eigenvalue weighted by Crippen LogP contribution is -2.25. The monoisotopic (exact) mass is 234 g/mol. The molecule has 2 unspecified atom stereocenters. The molecule has 0 aromatic heterocycles. The lowest BCUT2D eigenvalue weighted by atomic mass is 9.81. The Labute approximate surface area is 103 Å². The average molecular weight is 234 g/mol. The molecule has 1 aliphatic heterocycles.